The van der Waals surface area contributed by atoms with Crippen LogP contribution in [-0.2, 0) is 11.3 Å². The normalized spacial score (nSPS) is 10.6. The van der Waals surface area contributed by atoms with Crippen molar-refractivity contribution >= 4 is 39.2 Å². The fraction of sp³-hybridized carbons (Fsp3) is 0.160. The Morgan fingerprint density at radius 3 is 2.36 bits per heavy atom. The van der Waals surface area contributed by atoms with E-state index in [4.69, 9.17) is 14.2 Å². The van der Waals surface area contributed by atoms with E-state index in [-0.39, 0.29) is 0 Å². The zero-order valence-electron chi connectivity index (χ0n) is 18.4. The first kappa shape index (κ1) is 22.3. The van der Waals surface area contributed by atoms with E-state index < -0.39 is 12.0 Å². The smallest absolute Gasteiger partial charge is 0.421 e. The van der Waals surface area contributed by atoms with E-state index >= 15 is 0 Å². The highest BCUT2D eigenvalue weighted by molar-refractivity contribution is 7.18. The summed E-state index contributed by atoms with van der Waals surface area (Å²) in [7, 11) is 2.78. The van der Waals surface area contributed by atoms with Crippen LogP contribution in [-0.4, -0.2) is 31.2 Å². The number of ether oxygens (including phenoxy) is 3. The monoisotopic (exact) mass is 462 g/mol. The summed E-state index contributed by atoms with van der Waals surface area (Å²) < 4.78 is 17.0. The number of aromatic nitrogens is 1. The second kappa shape index (κ2) is 9.70. The van der Waals surface area contributed by atoms with Gasteiger partial charge in [0.25, 0.3) is 5.91 Å². The highest BCUT2D eigenvalue weighted by atomic mass is 32.1. The van der Waals surface area contributed by atoms with Crippen molar-refractivity contribution in [2.75, 3.05) is 19.1 Å². The summed E-state index contributed by atoms with van der Waals surface area (Å²) in [6.07, 6.45) is -0.776. The number of para-hydroxylation sites is 1. The van der Waals surface area contributed by atoms with Crippen LogP contribution < -0.4 is 14.4 Å². The average Bonchev–Trinajstić information content (AvgIpc) is 3.27. The predicted molar refractivity (Wildman–Crippen MR) is 127 cm³/mol. The summed E-state index contributed by atoms with van der Waals surface area (Å²) in [5, 5.41) is 0.865. The summed E-state index contributed by atoms with van der Waals surface area (Å²) in [6, 6.07) is 19.6. The van der Waals surface area contributed by atoms with Gasteiger partial charge in [-0.05, 0) is 67.1 Å². The number of nitrogens with zero attached hydrogens (tertiary/aromatic N) is 2. The lowest BCUT2D eigenvalue weighted by Gasteiger charge is -2.22. The number of imide groups is 1. The van der Waals surface area contributed by atoms with Gasteiger partial charge in [0, 0.05) is 5.56 Å². The molecule has 0 unspecified atom stereocenters. The van der Waals surface area contributed by atoms with Crippen LogP contribution in [0.1, 0.15) is 20.9 Å². The number of thiazole rings is 1. The average molecular weight is 463 g/mol. The van der Waals surface area contributed by atoms with Gasteiger partial charge in [0.2, 0.25) is 0 Å². The van der Waals surface area contributed by atoms with E-state index in [0.717, 1.165) is 20.1 Å². The Bertz CT molecular complexity index is 1270. The third kappa shape index (κ3) is 4.80. The lowest BCUT2D eigenvalue weighted by atomic mass is 10.1. The number of anilines is 1. The molecular formula is C25H22N2O5S. The first-order valence-electron chi connectivity index (χ1n) is 10.1. The van der Waals surface area contributed by atoms with Crippen LogP contribution in [0.15, 0.2) is 66.7 Å². The number of carbonyl (C=O) groups is 2. The van der Waals surface area contributed by atoms with E-state index in [1.807, 2.05) is 24.3 Å². The Morgan fingerprint density at radius 2 is 1.70 bits per heavy atom. The molecule has 0 N–H and O–H groups in total. The lowest BCUT2D eigenvalue weighted by Crippen LogP contribution is -2.37. The molecule has 33 heavy (non-hydrogen) atoms. The molecular weight excluding hydrogens is 440 g/mol. The van der Waals surface area contributed by atoms with E-state index in [2.05, 4.69) is 4.98 Å². The van der Waals surface area contributed by atoms with Gasteiger partial charge in [0.15, 0.2) is 0 Å². The first-order chi connectivity index (χ1) is 16.0. The summed E-state index contributed by atoms with van der Waals surface area (Å²) in [5.74, 6) is 0.718. The molecule has 0 aliphatic carbocycles. The number of carbonyl (C=O) groups excluding carboxylic acids is 2. The van der Waals surface area contributed by atoms with Gasteiger partial charge in [0.05, 0.1) is 30.1 Å². The number of hydrogen-bond donors (Lipinski definition) is 0. The zero-order chi connectivity index (χ0) is 23.4. The maximum Gasteiger partial charge on any atom is 0.421 e. The number of hydrogen-bond acceptors (Lipinski definition) is 7. The van der Waals surface area contributed by atoms with Crippen LogP contribution in [0.5, 0.6) is 11.5 Å². The van der Waals surface area contributed by atoms with Crippen molar-refractivity contribution in [2.45, 2.75) is 13.5 Å². The Morgan fingerprint density at radius 1 is 0.970 bits per heavy atom. The minimum Gasteiger partial charge on any atom is -0.497 e. The highest BCUT2D eigenvalue weighted by Crippen LogP contribution is 2.29. The number of amides is 2. The molecule has 4 rings (SSSR count). The van der Waals surface area contributed by atoms with Crippen molar-refractivity contribution in [3.8, 4) is 11.5 Å². The molecule has 4 aromatic rings. The van der Waals surface area contributed by atoms with Gasteiger partial charge < -0.3 is 14.2 Å². The number of methoxy groups -OCH3 is 2. The van der Waals surface area contributed by atoms with E-state index in [1.165, 1.54) is 7.11 Å². The van der Waals surface area contributed by atoms with Gasteiger partial charge in [-0.1, -0.05) is 12.1 Å². The lowest BCUT2D eigenvalue weighted by molar-refractivity contribution is 0.0975. The molecule has 0 bridgehead atoms. The van der Waals surface area contributed by atoms with Crippen LogP contribution in [0.25, 0.3) is 10.2 Å². The maximum atomic E-state index is 13.1. The fourth-order valence-corrected chi connectivity index (χ4v) is 4.22. The minimum atomic E-state index is -0.776. The molecule has 1 aromatic heterocycles. The summed E-state index contributed by atoms with van der Waals surface area (Å²) in [4.78, 5) is 31.2. The van der Waals surface area contributed by atoms with E-state index in [9.17, 15) is 9.59 Å². The highest BCUT2D eigenvalue weighted by Gasteiger charge is 2.27. The van der Waals surface area contributed by atoms with Crippen LogP contribution >= 0.6 is 11.3 Å². The standard InChI is InChI=1S/C25H22N2O5S/c1-16-14-19(32-15-23-26-20-6-4-5-7-22(20)33-23)12-13-21(16)27(25(29)31-3)24(28)17-8-10-18(30-2)11-9-17/h4-14H,15H2,1-3H3. The zero-order valence-corrected chi connectivity index (χ0v) is 19.2. The van der Waals surface area contributed by atoms with Crippen molar-refractivity contribution < 1.29 is 23.8 Å². The Hall–Kier alpha value is -3.91. The predicted octanol–water partition coefficient (Wildman–Crippen LogP) is 5.61. The molecule has 0 aliphatic rings. The second-order valence-corrected chi connectivity index (χ2v) is 8.27. The second-order valence-electron chi connectivity index (χ2n) is 7.15. The number of aryl methyl sites for hydroxylation is 1. The molecule has 0 aliphatic heterocycles. The topological polar surface area (TPSA) is 78.0 Å². The third-order valence-electron chi connectivity index (χ3n) is 5.01. The van der Waals surface area contributed by atoms with Crippen LogP contribution in [0, 0.1) is 6.92 Å². The SMILES string of the molecule is COC(=O)N(C(=O)c1ccc(OC)cc1)c1ccc(OCc2nc3ccccc3s2)cc1C. The summed E-state index contributed by atoms with van der Waals surface area (Å²) in [6.45, 7) is 2.13. The summed E-state index contributed by atoms with van der Waals surface area (Å²) in [5.41, 5.74) is 2.37. The third-order valence-corrected chi connectivity index (χ3v) is 6.02. The van der Waals surface area contributed by atoms with Crippen molar-refractivity contribution in [3.05, 3.63) is 82.9 Å². The molecule has 0 saturated carbocycles. The molecule has 1 heterocycles. The number of fused-ring (bicyclic) bond motifs is 1. The molecule has 3 aromatic carbocycles. The molecule has 2 amide bonds. The first-order valence-corrected chi connectivity index (χ1v) is 11.0. The largest absolute Gasteiger partial charge is 0.497 e. The molecule has 7 nitrogen and oxygen atoms in total. The van der Waals surface area contributed by atoms with Crippen molar-refractivity contribution in [1.82, 2.24) is 4.98 Å². The van der Waals surface area contributed by atoms with Gasteiger partial charge in [-0.25, -0.2) is 14.7 Å². The van der Waals surface area contributed by atoms with Gasteiger partial charge in [-0.3, -0.25) is 4.79 Å². The molecule has 0 spiro atoms. The minimum absolute atomic E-state index is 0.323. The molecule has 0 radical (unpaired) electrons. The number of rotatable bonds is 6. The summed E-state index contributed by atoms with van der Waals surface area (Å²) >= 11 is 1.58. The van der Waals surface area contributed by atoms with Gasteiger partial charge in [-0.2, -0.15) is 0 Å². The van der Waals surface area contributed by atoms with Crippen molar-refractivity contribution in [3.63, 3.8) is 0 Å². The molecule has 168 valence electrons. The number of benzene rings is 3. The Kier molecular flexibility index (Phi) is 6.55. The van der Waals surface area contributed by atoms with Gasteiger partial charge >= 0.3 is 6.09 Å². The van der Waals surface area contributed by atoms with E-state index in [1.54, 1.807) is 67.8 Å². The fourth-order valence-electron chi connectivity index (χ4n) is 3.34. The molecule has 0 fully saturated rings. The maximum absolute atomic E-state index is 13.1. The molecule has 0 atom stereocenters. The van der Waals surface area contributed by atoms with Crippen molar-refractivity contribution in [1.29, 1.82) is 0 Å². The van der Waals surface area contributed by atoms with Crippen molar-refractivity contribution in [2.24, 2.45) is 0 Å². The van der Waals surface area contributed by atoms with Crippen LogP contribution in [0.3, 0.4) is 0 Å². The van der Waals surface area contributed by atoms with Gasteiger partial charge in [-0.15, -0.1) is 11.3 Å². The van der Waals surface area contributed by atoms with Crippen LogP contribution in [0.4, 0.5) is 10.5 Å². The van der Waals surface area contributed by atoms with E-state index in [0.29, 0.717) is 34.9 Å². The Balaban J connectivity index is 1.55. The quantitative estimate of drug-likeness (QED) is 0.371. The molecule has 8 heteroatoms. The van der Waals surface area contributed by atoms with Gasteiger partial charge in [0.1, 0.15) is 23.1 Å². The van der Waals surface area contributed by atoms with Crippen LogP contribution in [0.2, 0.25) is 0 Å². The molecule has 0 saturated heterocycles. The Labute approximate surface area is 195 Å².